The Kier molecular flexibility index (Phi) is 5.35. The number of carbonyl (C=O) groups is 1. The van der Waals surface area contributed by atoms with E-state index in [1.54, 1.807) is 11.3 Å². The van der Waals surface area contributed by atoms with Crippen molar-refractivity contribution in [1.29, 1.82) is 0 Å². The molecule has 1 rings (SSSR count). The van der Waals surface area contributed by atoms with Crippen molar-refractivity contribution in [3.8, 4) is 0 Å². The van der Waals surface area contributed by atoms with Crippen LogP contribution in [-0.4, -0.2) is 24.4 Å². The second-order valence-electron chi connectivity index (χ2n) is 4.88. The molecule has 1 aromatic heterocycles. The molecule has 102 valence electrons. The highest BCUT2D eigenvalue weighted by molar-refractivity contribution is 7.10. The van der Waals surface area contributed by atoms with E-state index in [4.69, 9.17) is 5.73 Å². The van der Waals surface area contributed by atoms with E-state index >= 15 is 0 Å². The Morgan fingerprint density at radius 1 is 1.44 bits per heavy atom. The van der Waals surface area contributed by atoms with Gasteiger partial charge in [-0.2, -0.15) is 0 Å². The lowest BCUT2D eigenvalue weighted by Crippen LogP contribution is -2.45. The molecule has 1 aromatic rings. The quantitative estimate of drug-likeness (QED) is 0.862. The monoisotopic (exact) mass is 268 g/mol. The number of hydrogen-bond donors (Lipinski definition) is 1. The van der Waals surface area contributed by atoms with Gasteiger partial charge in [0.2, 0.25) is 5.91 Å². The molecular weight excluding hydrogens is 244 g/mol. The molecule has 3 nitrogen and oxygen atoms in total. The first-order valence-electron chi connectivity index (χ1n) is 6.49. The van der Waals surface area contributed by atoms with Gasteiger partial charge in [0.15, 0.2) is 0 Å². The summed E-state index contributed by atoms with van der Waals surface area (Å²) >= 11 is 1.70. The normalized spacial score (nSPS) is 11.6. The van der Waals surface area contributed by atoms with Crippen molar-refractivity contribution in [2.45, 2.75) is 40.2 Å². The molecule has 0 spiro atoms. The molecule has 0 aliphatic rings. The number of nitrogens with zero attached hydrogens (tertiary/aromatic N) is 1. The zero-order chi connectivity index (χ0) is 13.8. The van der Waals surface area contributed by atoms with Gasteiger partial charge in [-0.05, 0) is 36.8 Å². The number of nitrogens with two attached hydrogens (primary N) is 1. The highest BCUT2D eigenvalue weighted by Gasteiger charge is 2.35. The van der Waals surface area contributed by atoms with Gasteiger partial charge in [0, 0.05) is 18.5 Å². The summed E-state index contributed by atoms with van der Waals surface area (Å²) in [6.45, 7) is 7.27. The molecule has 0 saturated heterocycles. The van der Waals surface area contributed by atoms with Gasteiger partial charge in [-0.3, -0.25) is 4.79 Å². The van der Waals surface area contributed by atoms with Crippen LogP contribution in [0.5, 0.6) is 0 Å². The maximum absolute atomic E-state index is 12.5. The van der Waals surface area contributed by atoms with E-state index in [0.29, 0.717) is 13.1 Å². The largest absolute Gasteiger partial charge is 0.340 e. The van der Waals surface area contributed by atoms with Crippen molar-refractivity contribution in [3.63, 3.8) is 0 Å². The number of rotatable bonds is 6. The lowest BCUT2D eigenvalue weighted by Gasteiger charge is -2.33. The van der Waals surface area contributed by atoms with Crippen molar-refractivity contribution >= 4 is 17.2 Å². The Bertz CT molecular complexity index is 388. The molecule has 0 atom stereocenters. The van der Waals surface area contributed by atoms with E-state index in [9.17, 15) is 4.79 Å². The smallest absolute Gasteiger partial charge is 0.230 e. The molecule has 0 fully saturated rings. The predicted octanol–water partition coefficient (Wildman–Crippen LogP) is 2.78. The van der Waals surface area contributed by atoms with Crippen molar-refractivity contribution in [3.05, 3.63) is 21.9 Å². The van der Waals surface area contributed by atoms with Crippen molar-refractivity contribution in [1.82, 2.24) is 4.90 Å². The molecule has 0 radical (unpaired) electrons. The summed E-state index contributed by atoms with van der Waals surface area (Å²) in [4.78, 5) is 15.6. The molecule has 0 aromatic carbocycles. The summed E-state index contributed by atoms with van der Waals surface area (Å²) in [6.07, 6.45) is 1.60. The minimum absolute atomic E-state index is 0.169. The third kappa shape index (κ3) is 2.93. The van der Waals surface area contributed by atoms with E-state index in [-0.39, 0.29) is 11.3 Å². The van der Waals surface area contributed by atoms with Crippen LogP contribution in [0.25, 0.3) is 0 Å². The summed E-state index contributed by atoms with van der Waals surface area (Å²) in [7, 11) is 1.87. The van der Waals surface area contributed by atoms with Gasteiger partial charge < -0.3 is 10.6 Å². The average molecular weight is 268 g/mol. The second kappa shape index (κ2) is 6.34. The van der Waals surface area contributed by atoms with Gasteiger partial charge in [-0.25, -0.2) is 0 Å². The van der Waals surface area contributed by atoms with Crippen molar-refractivity contribution in [2.24, 2.45) is 11.1 Å². The van der Waals surface area contributed by atoms with Gasteiger partial charge in [-0.1, -0.05) is 13.8 Å². The minimum Gasteiger partial charge on any atom is -0.340 e. The van der Waals surface area contributed by atoms with Gasteiger partial charge in [0.05, 0.1) is 12.0 Å². The first kappa shape index (κ1) is 15.2. The van der Waals surface area contributed by atoms with E-state index in [0.717, 1.165) is 12.8 Å². The minimum atomic E-state index is -0.389. The first-order chi connectivity index (χ1) is 8.50. The molecule has 1 amide bonds. The van der Waals surface area contributed by atoms with Gasteiger partial charge in [-0.15, -0.1) is 11.3 Å². The van der Waals surface area contributed by atoms with Crippen LogP contribution < -0.4 is 5.73 Å². The number of carbonyl (C=O) groups excluding carboxylic acids is 1. The molecule has 18 heavy (non-hydrogen) atoms. The number of thiophene rings is 1. The highest BCUT2D eigenvalue weighted by atomic mass is 32.1. The summed E-state index contributed by atoms with van der Waals surface area (Å²) in [5.41, 5.74) is 6.69. The third-order valence-corrected chi connectivity index (χ3v) is 4.90. The van der Waals surface area contributed by atoms with Crippen LogP contribution in [0.4, 0.5) is 0 Å². The lowest BCUT2D eigenvalue weighted by molar-refractivity contribution is -0.141. The third-order valence-electron chi connectivity index (χ3n) is 3.89. The molecule has 0 saturated carbocycles. The van der Waals surface area contributed by atoms with Crippen LogP contribution in [-0.2, 0) is 11.3 Å². The number of aryl methyl sites for hydroxylation is 1. The Morgan fingerprint density at radius 2 is 2.06 bits per heavy atom. The zero-order valence-corrected chi connectivity index (χ0v) is 12.6. The highest BCUT2D eigenvalue weighted by Crippen LogP contribution is 2.28. The molecular formula is C14H24N2OS. The predicted molar refractivity (Wildman–Crippen MR) is 77.6 cm³/mol. The summed E-state index contributed by atoms with van der Waals surface area (Å²) < 4.78 is 0. The summed E-state index contributed by atoms with van der Waals surface area (Å²) in [5.74, 6) is 0.169. The Hall–Kier alpha value is -0.870. The van der Waals surface area contributed by atoms with E-state index in [1.807, 2.05) is 25.8 Å². The van der Waals surface area contributed by atoms with Crippen LogP contribution >= 0.6 is 11.3 Å². The molecule has 0 aliphatic carbocycles. The molecule has 0 unspecified atom stereocenters. The maximum atomic E-state index is 12.5. The second-order valence-corrected chi connectivity index (χ2v) is 5.88. The average Bonchev–Trinajstić information content (AvgIpc) is 2.77. The number of hydrogen-bond acceptors (Lipinski definition) is 3. The molecule has 0 bridgehead atoms. The molecule has 1 heterocycles. The van der Waals surface area contributed by atoms with Crippen LogP contribution in [0, 0.1) is 12.3 Å². The summed E-state index contributed by atoms with van der Waals surface area (Å²) in [5, 5.41) is 2.07. The van der Waals surface area contributed by atoms with Crippen molar-refractivity contribution in [2.75, 3.05) is 13.6 Å². The standard InChI is InChI=1S/C14H24N2OS/c1-5-14(6-2,10-15)13(17)16(4)9-12-11(3)7-8-18-12/h7-8H,5-6,9-10,15H2,1-4H3. The van der Waals surface area contributed by atoms with Crippen molar-refractivity contribution < 1.29 is 4.79 Å². The first-order valence-corrected chi connectivity index (χ1v) is 7.37. The van der Waals surface area contributed by atoms with Crippen LogP contribution in [0.3, 0.4) is 0 Å². The fourth-order valence-corrected chi connectivity index (χ4v) is 3.15. The van der Waals surface area contributed by atoms with Crippen LogP contribution in [0.2, 0.25) is 0 Å². The van der Waals surface area contributed by atoms with Gasteiger partial charge in [0.25, 0.3) is 0 Å². The maximum Gasteiger partial charge on any atom is 0.230 e. The van der Waals surface area contributed by atoms with Crippen LogP contribution in [0.15, 0.2) is 11.4 Å². The van der Waals surface area contributed by atoms with Crippen LogP contribution in [0.1, 0.15) is 37.1 Å². The fourth-order valence-electron chi connectivity index (χ4n) is 2.19. The van der Waals surface area contributed by atoms with E-state index in [1.165, 1.54) is 10.4 Å². The molecule has 4 heteroatoms. The Balaban J connectivity index is 2.80. The van der Waals surface area contributed by atoms with E-state index in [2.05, 4.69) is 18.4 Å². The lowest BCUT2D eigenvalue weighted by atomic mass is 9.81. The zero-order valence-electron chi connectivity index (χ0n) is 11.8. The Labute approximate surface area is 114 Å². The molecule has 2 N–H and O–H groups in total. The van der Waals surface area contributed by atoms with E-state index < -0.39 is 0 Å². The Morgan fingerprint density at radius 3 is 2.44 bits per heavy atom. The SMILES string of the molecule is CCC(CC)(CN)C(=O)N(C)Cc1sccc1C. The molecule has 0 aliphatic heterocycles. The van der Waals surface area contributed by atoms with Gasteiger partial charge in [0.1, 0.15) is 0 Å². The fraction of sp³-hybridized carbons (Fsp3) is 0.643. The summed E-state index contributed by atoms with van der Waals surface area (Å²) in [6, 6.07) is 2.09. The number of amides is 1. The topological polar surface area (TPSA) is 46.3 Å². The van der Waals surface area contributed by atoms with Gasteiger partial charge >= 0.3 is 0 Å².